The molecule has 2 aromatic heterocycles. The van der Waals surface area contributed by atoms with Crippen LogP contribution in [-0.4, -0.2) is 9.97 Å². The molecule has 234 valence electrons. The average Bonchev–Trinajstić information content (AvgIpc) is 3.21. The number of aromatic nitrogens is 2. The van der Waals surface area contributed by atoms with Crippen molar-refractivity contribution in [3.05, 3.63) is 194 Å². The van der Waals surface area contributed by atoms with Gasteiger partial charge in [0.05, 0.1) is 22.6 Å². The summed E-state index contributed by atoms with van der Waals surface area (Å²) in [6, 6.07) is 68.6. The highest BCUT2D eigenvalue weighted by Crippen LogP contribution is 2.39. The molecule has 0 radical (unpaired) electrons. The Labute approximate surface area is 292 Å². The van der Waals surface area contributed by atoms with Crippen LogP contribution in [0.15, 0.2) is 194 Å². The lowest BCUT2D eigenvalue weighted by molar-refractivity contribution is 1.32. The van der Waals surface area contributed by atoms with Crippen molar-refractivity contribution < 1.29 is 0 Å². The molecule has 0 fully saturated rings. The van der Waals surface area contributed by atoms with Gasteiger partial charge in [-0.1, -0.05) is 158 Å². The molecule has 0 saturated carbocycles. The third-order valence-corrected chi connectivity index (χ3v) is 9.44. The maximum atomic E-state index is 5.16. The number of nitrogens with zero attached hydrogens (tertiary/aromatic N) is 2. The lowest BCUT2D eigenvalue weighted by Crippen LogP contribution is -1.92. The molecule has 0 spiro atoms. The summed E-state index contributed by atoms with van der Waals surface area (Å²) in [5.74, 6) is 0. The molecule has 0 unspecified atom stereocenters. The van der Waals surface area contributed by atoms with Gasteiger partial charge in [-0.15, -0.1) is 0 Å². The van der Waals surface area contributed by atoms with Gasteiger partial charge in [0.15, 0.2) is 0 Å². The lowest BCUT2D eigenvalue weighted by Gasteiger charge is -2.14. The predicted octanol–water partition coefficient (Wildman–Crippen LogP) is 12.8. The molecule has 2 heterocycles. The van der Waals surface area contributed by atoms with E-state index in [1.54, 1.807) is 0 Å². The molecular formula is C48H32N2. The summed E-state index contributed by atoms with van der Waals surface area (Å²) < 4.78 is 0. The van der Waals surface area contributed by atoms with Crippen molar-refractivity contribution in [2.24, 2.45) is 0 Å². The Kier molecular flexibility index (Phi) is 7.53. The number of fused-ring (bicyclic) bond motifs is 3. The number of hydrogen-bond donors (Lipinski definition) is 0. The Balaban J connectivity index is 1.16. The normalized spacial score (nSPS) is 11.2. The highest BCUT2D eigenvalue weighted by molar-refractivity contribution is 6.14. The first kappa shape index (κ1) is 29.5. The zero-order chi connectivity index (χ0) is 33.3. The molecule has 0 bridgehead atoms. The molecule has 7 aromatic carbocycles. The summed E-state index contributed by atoms with van der Waals surface area (Å²) in [4.78, 5) is 10.2. The SMILES string of the molecule is c1ccc(-c2cc(-c3cccc(-c4ccc5c(ccc6nc(-c7ccccc7)cc(-c7ccccc7)c65)c4)c3)cc(-c3ccccc3)n2)cc1. The third-order valence-electron chi connectivity index (χ3n) is 9.44. The lowest BCUT2D eigenvalue weighted by atomic mass is 9.92. The van der Waals surface area contributed by atoms with Gasteiger partial charge in [-0.05, 0) is 80.6 Å². The Morgan fingerprint density at radius 2 is 0.760 bits per heavy atom. The van der Waals surface area contributed by atoms with Gasteiger partial charge in [0, 0.05) is 22.1 Å². The van der Waals surface area contributed by atoms with Crippen molar-refractivity contribution >= 4 is 21.7 Å². The van der Waals surface area contributed by atoms with Gasteiger partial charge in [-0.2, -0.15) is 0 Å². The zero-order valence-electron chi connectivity index (χ0n) is 27.4. The number of hydrogen-bond acceptors (Lipinski definition) is 2. The van der Waals surface area contributed by atoms with Crippen LogP contribution < -0.4 is 0 Å². The second kappa shape index (κ2) is 12.8. The van der Waals surface area contributed by atoms with Crippen molar-refractivity contribution in [2.45, 2.75) is 0 Å². The van der Waals surface area contributed by atoms with Gasteiger partial charge >= 0.3 is 0 Å². The standard InChI is InChI=1S/C48H32N2/c1-5-14-33(15-6-1)43-32-47(36-20-11-4-12-21-36)49-44-27-25-40-29-39(24-26-42(40)48(43)44)37-22-13-23-38(28-37)41-30-45(34-16-7-2-8-17-34)50-46(31-41)35-18-9-3-10-19-35/h1-32H. The van der Waals surface area contributed by atoms with E-state index >= 15 is 0 Å². The fraction of sp³-hybridized carbons (Fsp3) is 0. The van der Waals surface area contributed by atoms with Crippen LogP contribution in [0.3, 0.4) is 0 Å². The summed E-state index contributed by atoms with van der Waals surface area (Å²) in [6.45, 7) is 0. The highest BCUT2D eigenvalue weighted by atomic mass is 14.7. The van der Waals surface area contributed by atoms with E-state index in [2.05, 4.69) is 176 Å². The second-order valence-corrected chi connectivity index (χ2v) is 12.6. The highest BCUT2D eigenvalue weighted by Gasteiger charge is 2.14. The van der Waals surface area contributed by atoms with Crippen LogP contribution in [0.25, 0.3) is 88.8 Å². The van der Waals surface area contributed by atoms with Gasteiger partial charge in [-0.25, -0.2) is 9.97 Å². The van der Waals surface area contributed by atoms with E-state index in [9.17, 15) is 0 Å². The van der Waals surface area contributed by atoms with Crippen LogP contribution in [0.4, 0.5) is 0 Å². The third kappa shape index (κ3) is 5.63. The van der Waals surface area contributed by atoms with Crippen LogP contribution in [0.2, 0.25) is 0 Å². The minimum Gasteiger partial charge on any atom is -0.248 e. The minimum absolute atomic E-state index is 0.961. The van der Waals surface area contributed by atoms with Crippen LogP contribution in [0.5, 0.6) is 0 Å². The maximum absolute atomic E-state index is 5.16. The molecule has 2 nitrogen and oxygen atoms in total. The first-order valence-electron chi connectivity index (χ1n) is 17.0. The summed E-state index contributed by atoms with van der Waals surface area (Å²) in [6.07, 6.45) is 0. The Morgan fingerprint density at radius 1 is 0.280 bits per heavy atom. The largest absolute Gasteiger partial charge is 0.248 e. The molecule has 0 atom stereocenters. The summed E-state index contributed by atoms with van der Waals surface area (Å²) >= 11 is 0. The molecule has 9 rings (SSSR count). The number of rotatable bonds is 6. The van der Waals surface area contributed by atoms with Crippen molar-refractivity contribution in [1.82, 2.24) is 9.97 Å². The first-order chi connectivity index (χ1) is 24.8. The second-order valence-electron chi connectivity index (χ2n) is 12.6. The molecule has 0 aliphatic rings. The van der Waals surface area contributed by atoms with Crippen LogP contribution >= 0.6 is 0 Å². The molecule has 0 aliphatic carbocycles. The van der Waals surface area contributed by atoms with Crippen molar-refractivity contribution in [3.8, 4) is 67.2 Å². The molecule has 9 aromatic rings. The quantitative estimate of drug-likeness (QED) is 0.170. The van der Waals surface area contributed by atoms with Crippen molar-refractivity contribution in [2.75, 3.05) is 0 Å². The van der Waals surface area contributed by atoms with Gasteiger partial charge in [-0.3, -0.25) is 0 Å². The Hall–Kier alpha value is -6.64. The molecule has 0 amide bonds. The Bertz CT molecular complexity index is 2560. The van der Waals surface area contributed by atoms with Gasteiger partial charge in [0.1, 0.15) is 0 Å². The molecular weight excluding hydrogens is 605 g/mol. The van der Waals surface area contributed by atoms with E-state index in [1.807, 2.05) is 18.2 Å². The molecule has 2 heteroatoms. The van der Waals surface area contributed by atoms with Gasteiger partial charge < -0.3 is 0 Å². The molecule has 50 heavy (non-hydrogen) atoms. The van der Waals surface area contributed by atoms with Crippen LogP contribution in [0, 0.1) is 0 Å². The van der Waals surface area contributed by atoms with E-state index in [0.717, 1.165) is 50.4 Å². The van der Waals surface area contributed by atoms with Crippen molar-refractivity contribution in [1.29, 1.82) is 0 Å². The number of benzene rings is 7. The smallest absolute Gasteiger partial charge is 0.0722 e. The summed E-state index contributed by atoms with van der Waals surface area (Å²) in [5, 5.41) is 3.56. The summed E-state index contributed by atoms with van der Waals surface area (Å²) in [5.41, 5.74) is 14.2. The molecule has 0 saturated heterocycles. The van der Waals surface area contributed by atoms with E-state index in [-0.39, 0.29) is 0 Å². The fourth-order valence-electron chi connectivity index (χ4n) is 6.94. The minimum atomic E-state index is 0.961. The van der Waals surface area contributed by atoms with E-state index < -0.39 is 0 Å². The van der Waals surface area contributed by atoms with E-state index in [1.165, 1.54) is 38.4 Å². The number of pyridine rings is 2. The van der Waals surface area contributed by atoms with Crippen LogP contribution in [0.1, 0.15) is 0 Å². The van der Waals surface area contributed by atoms with E-state index in [4.69, 9.17) is 9.97 Å². The fourth-order valence-corrected chi connectivity index (χ4v) is 6.94. The topological polar surface area (TPSA) is 25.8 Å². The van der Waals surface area contributed by atoms with Gasteiger partial charge in [0.2, 0.25) is 0 Å². The van der Waals surface area contributed by atoms with Crippen LogP contribution in [-0.2, 0) is 0 Å². The monoisotopic (exact) mass is 636 g/mol. The van der Waals surface area contributed by atoms with Gasteiger partial charge in [0.25, 0.3) is 0 Å². The molecule has 0 N–H and O–H groups in total. The first-order valence-corrected chi connectivity index (χ1v) is 17.0. The Morgan fingerprint density at radius 3 is 1.34 bits per heavy atom. The maximum Gasteiger partial charge on any atom is 0.0722 e. The predicted molar refractivity (Wildman–Crippen MR) is 210 cm³/mol. The zero-order valence-corrected chi connectivity index (χ0v) is 27.4. The summed E-state index contributed by atoms with van der Waals surface area (Å²) in [7, 11) is 0. The van der Waals surface area contributed by atoms with E-state index in [0.29, 0.717) is 0 Å². The molecule has 0 aliphatic heterocycles. The van der Waals surface area contributed by atoms with Crippen molar-refractivity contribution in [3.63, 3.8) is 0 Å². The average molecular weight is 637 g/mol.